The molecule has 2 heteroatoms. The van der Waals surface area contributed by atoms with Crippen LogP contribution >= 0.6 is 0 Å². The molecule has 0 spiro atoms. The Morgan fingerprint density at radius 2 is 2.25 bits per heavy atom. The van der Waals surface area contributed by atoms with Gasteiger partial charge >= 0.3 is 0 Å². The predicted molar refractivity (Wildman–Crippen MR) is 49.2 cm³/mol. The van der Waals surface area contributed by atoms with Crippen LogP contribution in [0.25, 0.3) is 0 Å². The van der Waals surface area contributed by atoms with Gasteiger partial charge in [0.05, 0.1) is 6.10 Å². The minimum Gasteiger partial charge on any atom is -0.378 e. The Kier molecular flexibility index (Phi) is 3.01. The molecule has 2 atom stereocenters. The van der Waals surface area contributed by atoms with E-state index in [9.17, 15) is 0 Å². The highest BCUT2D eigenvalue weighted by Crippen LogP contribution is 2.23. The van der Waals surface area contributed by atoms with Gasteiger partial charge in [-0.1, -0.05) is 0 Å². The molecule has 0 aliphatic carbocycles. The highest BCUT2D eigenvalue weighted by molar-refractivity contribution is 4.75. The molecule has 70 valence electrons. The molecule has 0 aromatic heterocycles. The van der Waals surface area contributed by atoms with Gasteiger partial charge in [0.2, 0.25) is 0 Å². The minimum absolute atomic E-state index is 0.592. The van der Waals surface area contributed by atoms with Crippen LogP contribution in [0.2, 0.25) is 0 Å². The smallest absolute Gasteiger partial charge is 0.0579 e. The van der Waals surface area contributed by atoms with E-state index in [4.69, 9.17) is 4.74 Å². The van der Waals surface area contributed by atoms with Crippen molar-refractivity contribution >= 4 is 0 Å². The summed E-state index contributed by atoms with van der Waals surface area (Å²) < 4.78 is 5.63. The van der Waals surface area contributed by atoms with Gasteiger partial charge in [0.25, 0.3) is 0 Å². The van der Waals surface area contributed by atoms with Gasteiger partial charge < -0.3 is 10.1 Å². The van der Waals surface area contributed by atoms with E-state index in [1.807, 2.05) is 0 Å². The van der Waals surface area contributed by atoms with Gasteiger partial charge in [-0.3, -0.25) is 0 Å². The van der Waals surface area contributed by atoms with Gasteiger partial charge in [-0.05, 0) is 51.1 Å². The van der Waals surface area contributed by atoms with E-state index in [0.717, 1.165) is 12.5 Å². The van der Waals surface area contributed by atoms with E-state index in [1.54, 1.807) is 0 Å². The largest absolute Gasteiger partial charge is 0.378 e. The summed E-state index contributed by atoms with van der Waals surface area (Å²) in [5.74, 6) is 0.891. The van der Waals surface area contributed by atoms with Crippen molar-refractivity contribution in [1.82, 2.24) is 5.32 Å². The molecular formula is C10H19NO. The molecule has 0 aromatic carbocycles. The van der Waals surface area contributed by atoms with Crippen molar-refractivity contribution in [3.63, 3.8) is 0 Å². The summed E-state index contributed by atoms with van der Waals surface area (Å²) in [5, 5.41) is 3.45. The second-order valence-corrected chi connectivity index (χ2v) is 4.08. The Morgan fingerprint density at radius 3 is 2.92 bits per heavy atom. The average molecular weight is 169 g/mol. The Balaban J connectivity index is 1.69. The van der Waals surface area contributed by atoms with Gasteiger partial charge in [-0.15, -0.1) is 0 Å². The van der Waals surface area contributed by atoms with E-state index >= 15 is 0 Å². The first-order chi connectivity index (χ1) is 5.95. The van der Waals surface area contributed by atoms with Gasteiger partial charge in [0.1, 0.15) is 0 Å². The monoisotopic (exact) mass is 169 g/mol. The van der Waals surface area contributed by atoms with Crippen molar-refractivity contribution in [3.05, 3.63) is 0 Å². The third kappa shape index (κ3) is 2.20. The molecule has 2 nitrogen and oxygen atoms in total. The zero-order chi connectivity index (χ0) is 8.23. The molecule has 2 heterocycles. The Bertz CT molecular complexity index is 126. The van der Waals surface area contributed by atoms with E-state index < -0.39 is 0 Å². The number of piperidine rings is 1. The number of hydrogen-bond acceptors (Lipinski definition) is 2. The maximum atomic E-state index is 5.63. The van der Waals surface area contributed by atoms with Crippen LogP contribution in [0.1, 0.15) is 32.1 Å². The first-order valence-electron chi connectivity index (χ1n) is 5.27. The summed E-state index contributed by atoms with van der Waals surface area (Å²) in [6.45, 7) is 3.45. The van der Waals surface area contributed by atoms with Crippen LogP contribution in [0, 0.1) is 5.92 Å². The molecule has 0 radical (unpaired) electrons. The fourth-order valence-electron chi connectivity index (χ4n) is 2.33. The third-order valence-electron chi connectivity index (χ3n) is 3.02. The lowest BCUT2D eigenvalue weighted by molar-refractivity contribution is 0.0853. The zero-order valence-corrected chi connectivity index (χ0v) is 7.72. The Labute approximate surface area is 74.7 Å². The first kappa shape index (κ1) is 8.52. The molecule has 0 aromatic rings. The number of hydrogen-bond donors (Lipinski definition) is 1. The summed E-state index contributed by atoms with van der Waals surface area (Å²) in [5.41, 5.74) is 0. The quantitative estimate of drug-likeness (QED) is 0.677. The van der Waals surface area contributed by atoms with E-state index in [0.29, 0.717) is 6.10 Å². The zero-order valence-electron chi connectivity index (χ0n) is 7.72. The fourth-order valence-corrected chi connectivity index (χ4v) is 2.33. The third-order valence-corrected chi connectivity index (χ3v) is 3.02. The summed E-state index contributed by atoms with van der Waals surface area (Å²) in [6.07, 6.45) is 7.24. The van der Waals surface area contributed by atoms with E-state index in [1.165, 1.54) is 45.2 Å². The van der Waals surface area contributed by atoms with Crippen molar-refractivity contribution in [2.75, 3.05) is 19.7 Å². The highest BCUT2D eigenvalue weighted by atomic mass is 16.5. The minimum atomic E-state index is 0.592. The maximum absolute atomic E-state index is 5.63. The molecule has 1 N–H and O–H groups in total. The molecule has 2 aliphatic rings. The van der Waals surface area contributed by atoms with E-state index in [2.05, 4.69) is 5.32 Å². The van der Waals surface area contributed by atoms with Crippen LogP contribution < -0.4 is 5.32 Å². The summed E-state index contributed by atoms with van der Waals surface area (Å²) in [4.78, 5) is 0. The number of rotatable bonds is 2. The van der Waals surface area contributed by atoms with Crippen molar-refractivity contribution < 1.29 is 4.74 Å². The Hall–Kier alpha value is -0.0800. The van der Waals surface area contributed by atoms with Gasteiger partial charge in [0, 0.05) is 6.61 Å². The lowest BCUT2D eigenvalue weighted by Crippen LogP contribution is -2.31. The second-order valence-electron chi connectivity index (χ2n) is 4.08. The van der Waals surface area contributed by atoms with Crippen LogP contribution in [-0.4, -0.2) is 25.8 Å². The molecule has 2 fully saturated rings. The summed E-state index contributed by atoms with van der Waals surface area (Å²) in [7, 11) is 0. The first-order valence-corrected chi connectivity index (χ1v) is 5.27. The average Bonchev–Trinajstić information content (AvgIpc) is 2.59. The molecule has 12 heavy (non-hydrogen) atoms. The molecule has 2 rings (SSSR count). The molecule has 0 bridgehead atoms. The fraction of sp³-hybridized carbons (Fsp3) is 1.00. The number of nitrogens with one attached hydrogen (secondary N) is 1. The van der Waals surface area contributed by atoms with Crippen molar-refractivity contribution in [2.24, 2.45) is 5.92 Å². The van der Waals surface area contributed by atoms with E-state index in [-0.39, 0.29) is 0 Å². The molecule has 2 saturated heterocycles. The standard InChI is InChI=1S/C10H19NO/c1-3-9(8-11-5-1)7-10-4-2-6-12-10/h9-11H,1-8H2/t9-,10+/m1/s1. The van der Waals surface area contributed by atoms with Crippen LogP contribution in [0.15, 0.2) is 0 Å². The van der Waals surface area contributed by atoms with Crippen LogP contribution in [0.4, 0.5) is 0 Å². The van der Waals surface area contributed by atoms with Crippen molar-refractivity contribution in [2.45, 2.75) is 38.2 Å². The lowest BCUT2D eigenvalue weighted by Gasteiger charge is -2.24. The lowest BCUT2D eigenvalue weighted by atomic mass is 9.93. The maximum Gasteiger partial charge on any atom is 0.0579 e. The topological polar surface area (TPSA) is 21.3 Å². The number of ether oxygens (including phenoxy) is 1. The molecule has 0 saturated carbocycles. The normalized spacial score (nSPS) is 37.0. The molecule has 0 unspecified atom stereocenters. The predicted octanol–water partition coefficient (Wildman–Crippen LogP) is 1.56. The molecule has 0 amide bonds. The van der Waals surface area contributed by atoms with Crippen molar-refractivity contribution in [1.29, 1.82) is 0 Å². The molecule has 2 aliphatic heterocycles. The SMILES string of the molecule is C1CNC[C@@H](C[C@@H]2CCCO2)C1. The summed E-state index contributed by atoms with van der Waals surface area (Å²) >= 11 is 0. The van der Waals surface area contributed by atoms with Crippen LogP contribution in [0.3, 0.4) is 0 Å². The van der Waals surface area contributed by atoms with Crippen molar-refractivity contribution in [3.8, 4) is 0 Å². The van der Waals surface area contributed by atoms with Gasteiger partial charge in [-0.2, -0.15) is 0 Å². The van der Waals surface area contributed by atoms with Crippen LogP contribution in [-0.2, 0) is 4.74 Å². The van der Waals surface area contributed by atoms with Crippen LogP contribution in [0.5, 0.6) is 0 Å². The highest BCUT2D eigenvalue weighted by Gasteiger charge is 2.21. The summed E-state index contributed by atoms with van der Waals surface area (Å²) in [6, 6.07) is 0. The Morgan fingerprint density at radius 1 is 1.25 bits per heavy atom. The van der Waals surface area contributed by atoms with Gasteiger partial charge in [0.15, 0.2) is 0 Å². The van der Waals surface area contributed by atoms with Gasteiger partial charge in [-0.25, -0.2) is 0 Å². The molecular weight excluding hydrogens is 150 g/mol. The second kappa shape index (κ2) is 4.24.